The molecule has 118 valence electrons. The number of carbonyl (C=O) groups is 2. The molecule has 3 heterocycles. The first-order valence-corrected chi connectivity index (χ1v) is 7.83. The van der Waals surface area contributed by atoms with Crippen molar-refractivity contribution >= 4 is 11.8 Å². The van der Waals surface area contributed by atoms with E-state index in [0.29, 0.717) is 12.5 Å². The second-order valence-corrected chi connectivity index (χ2v) is 6.20. The lowest BCUT2D eigenvalue weighted by Crippen LogP contribution is -2.62. The summed E-state index contributed by atoms with van der Waals surface area (Å²) < 4.78 is 0. The minimum atomic E-state index is -0.179. The van der Waals surface area contributed by atoms with Crippen molar-refractivity contribution in [2.75, 3.05) is 26.2 Å². The summed E-state index contributed by atoms with van der Waals surface area (Å²) in [6.45, 7) is 3.40. The quantitative estimate of drug-likeness (QED) is 0.851. The maximum Gasteiger partial charge on any atom is 0.227 e. The molecule has 1 aromatic heterocycles. The number of pyridine rings is 1. The van der Waals surface area contributed by atoms with E-state index in [0.717, 1.165) is 44.6 Å². The van der Waals surface area contributed by atoms with Crippen LogP contribution in [0.25, 0.3) is 0 Å². The summed E-state index contributed by atoms with van der Waals surface area (Å²) >= 11 is 0. The van der Waals surface area contributed by atoms with Gasteiger partial charge in [-0.1, -0.05) is 6.07 Å². The van der Waals surface area contributed by atoms with E-state index in [1.54, 1.807) is 12.4 Å². The zero-order valence-corrected chi connectivity index (χ0v) is 12.6. The van der Waals surface area contributed by atoms with Gasteiger partial charge in [-0.05, 0) is 37.6 Å². The molecule has 6 heteroatoms. The minimum absolute atomic E-state index is 0.0274. The van der Waals surface area contributed by atoms with Crippen LogP contribution in [0.3, 0.4) is 0 Å². The molecule has 0 radical (unpaired) electrons. The third-order valence-electron chi connectivity index (χ3n) is 4.74. The van der Waals surface area contributed by atoms with E-state index >= 15 is 0 Å². The molecular formula is C16H22N4O2. The van der Waals surface area contributed by atoms with E-state index in [-0.39, 0.29) is 17.7 Å². The van der Waals surface area contributed by atoms with E-state index in [1.165, 1.54) is 0 Å². The average molecular weight is 302 g/mol. The van der Waals surface area contributed by atoms with Crippen LogP contribution in [0, 0.1) is 5.92 Å². The maximum atomic E-state index is 12.2. The highest BCUT2D eigenvalue weighted by atomic mass is 16.2. The number of hydrogen-bond donors (Lipinski definition) is 1. The van der Waals surface area contributed by atoms with Crippen LogP contribution in [0.4, 0.5) is 0 Å². The highest BCUT2D eigenvalue weighted by Crippen LogP contribution is 2.23. The van der Waals surface area contributed by atoms with Gasteiger partial charge in [0.25, 0.3) is 0 Å². The fourth-order valence-electron chi connectivity index (χ4n) is 3.23. The van der Waals surface area contributed by atoms with Crippen LogP contribution in [-0.2, 0) is 16.0 Å². The van der Waals surface area contributed by atoms with Crippen molar-refractivity contribution in [2.45, 2.75) is 25.3 Å². The van der Waals surface area contributed by atoms with Crippen molar-refractivity contribution in [1.29, 1.82) is 0 Å². The standard InChI is InChI=1S/C16H22N4O2/c17-16(22)13-3-6-19(7-4-13)14-10-20(11-14)15(21)8-12-2-1-5-18-9-12/h1-2,5,9,13-14H,3-4,6-8,10-11H2,(H2,17,22). The first kappa shape index (κ1) is 15.0. The largest absolute Gasteiger partial charge is 0.369 e. The molecule has 0 aromatic carbocycles. The Hall–Kier alpha value is -1.95. The van der Waals surface area contributed by atoms with Gasteiger partial charge in [-0.25, -0.2) is 0 Å². The lowest BCUT2D eigenvalue weighted by molar-refractivity contribution is -0.138. The summed E-state index contributed by atoms with van der Waals surface area (Å²) in [5.74, 6) is 0.0115. The molecule has 22 heavy (non-hydrogen) atoms. The summed E-state index contributed by atoms with van der Waals surface area (Å²) in [6.07, 6.45) is 5.56. The van der Waals surface area contributed by atoms with E-state index in [1.807, 2.05) is 17.0 Å². The van der Waals surface area contributed by atoms with Crippen molar-refractivity contribution in [2.24, 2.45) is 11.7 Å². The third kappa shape index (κ3) is 3.27. The van der Waals surface area contributed by atoms with Gasteiger partial charge in [0.05, 0.1) is 6.42 Å². The average Bonchev–Trinajstić information content (AvgIpc) is 2.47. The lowest BCUT2D eigenvalue weighted by atomic mass is 9.93. The zero-order valence-electron chi connectivity index (χ0n) is 12.6. The Morgan fingerprint density at radius 3 is 2.59 bits per heavy atom. The van der Waals surface area contributed by atoms with Crippen LogP contribution in [0.1, 0.15) is 18.4 Å². The van der Waals surface area contributed by atoms with Crippen LogP contribution >= 0.6 is 0 Å². The first-order valence-electron chi connectivity index (χ1n) is 7.83. The molecule has 3 rings (SSSR count). The molecule has 0 unspecified atom stereocenters. The molecule has 0 atom stereocenters. The molecule has 0 aliphatic carbocycles. The van der Waals surface area contributed by atoms with Gasteiger partial charge < -0.3 is 10.6 Å². The summed E-state index contributed by atoms with van der Waals surface area (Å²) in [5.41, 5.74) is 6.31. The van der Waals surface area contributed by atoms with Crippen LogP contribution in [0.15, 0.2) is 24.5 Å². The topological polar surface area (TPSA) is 79.5 Å². The van der Waals surface area contributed by atoms with Gasteiger partial charge in [-0.3, -0.25) is 19.5 Å². The molecule has 2 aliphatic heterocycles. The number of carbonyl (C=O) groups excluding carboxylic acids is 2. The highest BCUT2D eigenvalue weighted by molar-refractivity contribution is 5.79. The molecule has 1 aromatic rings. The predicted octanol–water partition coefficient (Wildman–Crippen LogP) is 0.0322. The van der Waals surface area contributed by atoms with Gasteiger partial charge in [0, 0.05) is 37.4 Å². The smallest absolute Gasteiger partial charge is 0.227 e. The first-order chi connectivity index (χ1) is 10.6. The molecule has 2 fully saturated rings. The van der Waals surface area contributed by atoms with Crippen molar-refractivity contribution in [1.82, 2.24) is 14.8 Å². The highest BCUT2D eigenvalue weighted by Gasteiger charge is 2.36. The number of primary amides is 1. The molecule has 2 amide bonds. The van der Waals surface area contributed by atoms with Crippen molar-refractivity contribution < 1.29 is 9.59 Å². The van der Waals surface area contributed by atoms with Gasteiger partial charge in [0.1, 0.15) is 0 Å². The summed E-state index contributed by atoms with van der Waals surface area (Å²) in [5, 5.41) is 0. The molecule has 2 aliphatic rings. The number of nitrogens with zero attached hydrogens (tertiary/aromatic N) is 3. The van der Waals surface area contributed by atoms with Gasteiger partial charge in [-0.2, -0.15) is 0 Å². The number of amides is 2. The SMILES string of the molecule is NC(=O)C1CCN(C2CN(C(=O)Cc3cccnc3)C2)CC1. The normalized spacial score (nSPS) is 20.6. The van der Waals surface area contributed by atoms with Gasteiger partial charge in [0.2, 0.25) is 11.8 Å². The second-order valence-electron chi connectivity index (χ2n) is 6.20. The third-order valence-corrected chi connectivity index (χ3v) is 4.74. The molecular weight excluding hydrogens is 280 g/mol. The Balaban J connectivity index is 1.42. The van der Waals surface area contributed by atoms with Crippen molar-refractivity contribution in [3.05, 3.63) is 30.1 Å². The monoisotopic (exact) mass is 302 g/mol. The number of aromatic nitrogens is 1. The Kier molecular flexibility index (Phi) is 4.38. The van der Waals surface area contributed by atoms with Gasteiger partial charge in [0.15, 0.2) is 0 Å². The summed E-state index contributed by atoms with van der Waals surface area (Å²) in [6, 6.07) is 4.22. The lowest BCUT2D eigenvalue weighted by Gasteiger charge is -2.47. The van der Waals surface area contributed by atoms with Crippen LogP contribution in [0.5, 0.6) is 0 Å². The fraction of sp³-hybridized carbons (Fsp3) is 0.562. The van der Waals surface area contributed by atoms with Crippen LogP contribution in [-0.4, -0.2) is 58.8 Å². The number of piperidine rings is 1. The second kappa shape index (κ2) is 6.44. The maximum absolute atomic E-state index is 12.2. The van der Waals surface area contributed by atoms with E-state index in [2.05, 4.69) is 9.88 Å². The van der Waals surface area contributed by atoms with E-state index < -0.39 is 0 Å². The minimum Gasteiger partial charge on any atom is -0.369 e. The predicted molar refractivity (Wildman–Crippen MR) is 81.8 cm³/mol. The molecule has 2 N–H and O–H groups in total. The number of hydrogen-bond acceptors (Lipinski definition) is 4. The Bertz CT molecular complexity index is 534. The van der Waals surface area contributed by atoms with Crippen LogP contribution < -0.4 is 5.73 Å². The van der Waals surface area contributed by atoms with E-state index in [9.17, 15) is 9.59 Å². The number of nitrogens with two attached hydrogens (primary N) is 1. The zero-order chi connectivity index (χ0) is 15.5. The number of rotatable bonds is 4. The van der Waals surface area contributed by atoms with Gasteiger partial charge >= 0.3 is 0 Å². The van der Waals surface area contributed by atoms with E-state index in [4.69, 9.17) is 5.73 Å². The summed E-state index contributed by atoms with van der Waals surface area (Å²) in [7, 11) is 0. The molecule has 0 saturated carbocycles. The Morgan fingerprint density at radius 2 is 2.00 bits per heavy atom. The van der Waals surface area contributed by atoms with Crippen molar-refractivity contribution in [3.8, 4) is 0 Å². The molecule has 0 bridgehead atoms. The van der Waals surface area contributed by atoms with Gasteiger partial charge in [-0.15, -0.1) is 0 Å². The fourth-order valence-corrected chi connectivity index (χ4v) is 3.23. The van der Waals surface area contributed by atoms with Crippen molar-refractivity contribution in [3.63, 3.8) is 0 Å². The molecule has 6 nitrogen and oxygen atoms in total. The molecule has 0 spiro atoms. The van der Waals surface area contributed by atoms with Crippen LogP contribution in [0.2, 0.25) is 0 Å². The Labute approximate surface area is 130 Å². The number of likely N-dealkylation sites (tertiary alicyclic amines) is 2. The molecule has 2 saturated heterocycles. The summed E-state index contributed by atoms with van der Waals surface area (Å²) in [4.78, 5) is 31.7. The Morgan fingerprint density at radius 1 is 1.27 bits per heavy atom.